The van der Waals surface area contributed by atoms with Gasteiger partial charge < -0.3 is 15.0 Å². The molecular weight excluding hydrogens is 835 g/mol. The fourth-order valence-electron chi connectivity index (χ4n) is 7.05. The normalized spacial score (nSPS) is 11.7. The highest BCUT2D eigenvalue weighted by Crippen LogP contribution is 2.39. The molecule has 18 heteroatoms. The van der Waals surface area contributed by atoms with Crippen molar-refractivity contribution in [2.75, 3.05) is 42.7 Å². The molecule has 3 aromatic rings. The van der Waals surface area contributed by atoms with Crippen molar-refractivity contribution in [1.29, 1.82) is 0 Å². The van der Waals surface area contributed by atoms with Crippen LogP contribution >= 0.6 is 23.2 Å². The molecule has 0 atom stereocenters. The number of nitro groups is 2. The molecule has 3 rings (SSSR count). The Morgan fingerprint density at radius 3 is 1.90 bits per heavy atom. The lowest BCUT2D eigenvalue weighted by Crippen LogP contribution is -2.34. The van der Waals surface area contributed by atoms with E-state index >= 15 is 0 Å². The second-order valence-electron chi connectivity index (χ2n) is 14.7. The highest BCUT2D eigenvalue weighted by atomic mass is 35.5. The van der Waals surface area contributed by atoms with Crippen LogP contribution in [-0.2, 0) is 19.6 Å². The number of hydrogen-bond acceptors (Lipinski definition) is 11. The molecule has 1 amide bonds. The summed E-state index contributed by atoms with van der Waals surface area (Å²) in [4.78, 5) is 57.4. The molecular formula is C42H56Cl2N6O9S. The van der Waals surface area contributed by atoms with Crippen LogP contribution in [0, 0.1) is 47.9 Å². The summed E-state index contributed by atoms with van der Waals surface area (Å²) in [5.74, 6) is -1.66. The number of anilines is 2. The van der Waals surface area contributed by atoms with Gasteiger partial charge in [0.2, 0.25) is 10.0 Å². The van der Waals surface area contributed by atoms with Gasteiger partial charge in [0.05, 0.1) is 49.7 Å². The van der Waals surface area contributed by atoms with Gasteiger partial charge in [-0.2, -0.15) is 0 Å². The number of hydrogen-bond donors (Lipinski definition) is 2. The van der Waals surface area contributed by atoms with E-state index in [1.54, 1.807) is 25.1 Å². The van der Waals surface area contributed by atoms with E-state index in [2.05, 4.69) is 22.0 Å². The van der Waals surface area contributed by atoms with Gasteiger partial charge in [0.15, 0.2) is 0 Å². The number of benzene rings is 3. The van der Waals surface area contributed by atoms with Crippen LogP contribution in [0.5, 0.6) is 0 Å². The van der Waals surface area contributed by atoms with E-state index in [0.29, 0.717) is 25.1 Å². The summed E-state index contributed by atoms with van der Waals surface area (Å²) in [5, 5.41) is 27.3. The summed E-state index contributed by atoms with van der Waals surface area (Å²) in [6.07, 6.45) is 12.2. The molecule has 0 spiro atoms. The maximum absolute atomic E-state index is 14.5. The maximum atomic E-state index is 14.5. The molecule has 0 fully saturated rings. The Balaban J connectivity index is 2.01. The second kappa shape index (κ2) is 23.4. The monoisotopic (exact) mass is 890 g/mol. The molecule has 3 aromatic carbocycles. The lowest BCUT2D eigenvalue weighted by atomic mass is 9.91. The number of halogens is 2. The van der Waals surface area contributed by atoms with E-state index in [0.717, 1.165) is 31.2 Å². The number of rotatable bonds is 24. The van der Waals surface area contributed by atoms with Gasteiger partial charge in [0, 0.05) is 42.0 Å². The SMILES string of the molecule is CCCCCCCCCCCCOC(=O)c1cc(NC(=O)C(=Nc2ccc(N(CC)CCNS(C)(=O)=O)cc2C)c2c(C)c([N+](=O)[O-])c(C)c([N+](=O)[O-])c2C)c(Cl)cc1Cl. The third-order valence-electron chi connectivity index (χ3n) is 10.1. The van der Waals surface area contributed by atoms with Crippen LogP contribution in [0.15, 0.2) is 35.3 Å². The van der Waals surface area contributed by atoms with Crippen LogP contribution in [0.4, 0.5) is 28.4 Å². The first-order chi connectivity index (χ1) is 28.3. The number of carbonyl (C=O) groups excluding carboxylic acids is 2. The molecule has 0 saturated heterocycles. The van der Waals surface area contributed by atoms with Crippen molar-refractivity contribution in [2.24, 2.45) is 4.99 Å². The fraction of sp³-hybridized carbons (Fsp3) is 0.500. The van der Waals surface area contributed by atoms with Gasteiger partial charge in [-0.15, -0.1) is 0 Å². The van der Waals surface area contributed by atoms with Gasteiger partial charge in [-0.1, -0.05) is 87.9 Å². The number of nitrogens with zero attached hydrogens (tertiary/aromatic N) is 4. The molecule has 0 radical (unpaired) electrons. The number of nitro benzene ring substituents is 2. The van der Waals surface area contributed by atoms with Crippen LogP contribution in [0.25, 0.3) is 0 Å². The smallest absolute Gasteiger partial charge is 0.339 e. The summed E-state index contributed by atoms with van der Waals surface area (Å²) < 4.78 is 31.2. The summed E-state index contributed by atoms with van der Waals surface area (Å²) in [5.41, 5.74) is -0.430. The fourth-order valence-corrected chi connectivity index (χ4v) is 8.02. The first-order valence-electron chi connectivity index (χ1n) is 20.1. The van der Waals surface area contributed by atoms with Crippen molar-refractivity contribution in [1.82, 2.24) is 4.72 Å². The minimum atomic E-state index is -3.40. The first kappa shape index (κ1) is 49.7. The summed E-state index contributed by atoms with van der Waals surface area (Å²) in [7, 11) is -3.40. The van der Waals surface area contributed by atoms with Crippen molar-refractivity contribution in [3.8, 4) is 0 Å². The van der Waals surface area contributed by atoms with Crippen LogP contribution in [0.1, 0.15) is 116 Å². The molecule has 0 aliphatic carbocycles. The molecule has 15 nitrogen and oxygen atoms in total. The van der Waals surface area contributed by atoms with E-state index in [1.165, 1.54) is 71.4 Å². The standard InChI is InChI=1S/C42H56Cl2N6O9S/c1-8-10-11-12-13-14-15-16-17-18-23-59-42(52)32-25-36(34(44)26-33(32)43)47-41(51)38(37-28(4)39(49(53)54)30(6)40(29(37)5)50(55)56)46-35-20-19-31(24-27(35)3)48(9-2)22-21-45-60(7,57)58/h19-20,24-26,45H,8-18,21-23H2,1-7H3,(H,47,51). The maximum Gasteiger partial charge on any atom is 0.339 e. The number of aryl methyl sites for hydroxylation is 1. The van der Waals surface area contributed by atoms with Gasteiger partial charge in [-0.05, 0) is 76.9 Å². The predicted molar refractivity (Wildman–Crippen MR) is 239 cm³/mol. The molecule has 0 saturated carbocycles. The summed E-state index contributed by atoms with van der Waals surface area (Å²) in [6.45, 7) is 11.1. The number of sulfonamides is 1. The van der Waals surface area contributed by atoms with Crippen LogP contribution in [-0.4, -0.2) is 68.3 Å². The number of esters is 1. The second-order valence-corrected chi connectivity index (χ2v) is 17.4. The van der Waals surface area contributed by atoms with Crippen molar-refractivity contribution >= 4 is 79.3 Å². The van der Waals surface area contributed by atoms with Crippen molar-refractivity contribution in [2.45, 2.75) is 106 Å². The molecule has 0 aromatic heterocycles. The van der Waals surface area contributed by atoms with Crippen molar-refractivity contribution in [3.63, 3.8) is 0 Å². The number of nitrogens with one attached hydrogen (secondary N) is 2. The Kier molecular flexibility index (Phi) is 19.4. The zero-order valence-electron chi connectivity index (χ0n) is 35.4. The number of ether oxygens (including phenoxy) is 1. The molecule has 60 heavy (non-hydrogen) atoms. The zero-order valence-corrected chi connectivity index (χ0v) is 37.7. The van der Waals surface area contributed by atoms with Gasteiger partial charge in [0.1, 0.15) is 11.3 Å². The van der Waals surface area contributed by atoms with Gasteiger partial charge in [-0.3, -0.25) is 25.0 Å². The van der Waals surface area contributed by atoms with Crippen molar-refractivity contribution in [3.05, 3.63) is 94.0 Å². The van der Waals surface area contributed by atoms with E-state index in [-0.39, 0.29) is 62.4 Å². The number of amides is 1. The number of carbonyl (C=O) groups is 2. The van der Waals surface area contributed by atoms with Gasteiger partial charge in [-0.25, -0.2) is 22.9 Å². The van der Waals surface area contributed by atoms with Crippen molar-refractivity contribution < 1.29 is 32.6 Å². The molecule has 2 N–H and O–H groups in total. The third-order valence-corrected chi connectivity index (χ3v) is 11.5. The van der Waals surface area contributed by atoms with E-state index in [4.69, 9.17) is 27.9 Å². The average Bonchev–Trinajstić information content (AvgIpc) is 3.15. The van der Waals surface area contributed by atoms with Crippen LogP contribution in [0.3, 0.4) is 0 Å². The lowest BCUT2D eigenvalue weighted by molar-refractivity contribution is -0.395. The Hall–Kier alpha value is -4.64. The highest BCUT2D eigenvalue weighted by Gasteiger charge is 2.34. The zero-order chi connectivity index (χ0) is 44.7. The van der Waals surface area contributed by atoms with E-state index < -0.39 is 48.8 Å². The molecule has 0 aliphatic heterocycles. The average molecular weight is 892 g/mol. The largest absolute Gasteiger partial charge is 0.462 e. The Bertz CT molecular complexity index is 2160. The Labute approximate surface area is 362 Å². The number of unbranched alkanes of at least 4 members (excludes halogenated alkanes) is 9. The highest BCUT2D eigenvalue weighted by molar-refractivity contribution is 7.88. The molecule has 0 heterocycles. The van der Waals surface area contributed by atoms with E-state index in [1.807, 2.05) is 11.8 Å². The number of likely N-dealkylation sites (N-methyl/N-ethyl adjacent to an activating group) is 1. The van der Waals surface area contributed by atoms with Gasteiger partial charge in [0.25, 0.3) is 17.3 Å². The van der Waals surface area contributed by atoms with Gasteiger partial charge >= 0.3 is 5.97 Å². The van der Waals surface area contributed by atoms with Crippen LogP contribution in [0.2, 0.25) is 10.0 Å². The minimum Gasteiger partial charge on any atom is -0.462 e. The quantitative estimate of drug-likeness (QED) is 0.0286. The molecule has 0 aliphatic rings. The minimum absolute atomic E-state index is 0.0135. The molecule has 0 bridgehead atoms. The topological polar surface area (TPSA) is 203 Å². The molecule has 328 valence electrons. The Morgan fingerprint density at radius 2 is 1.38 bits per heavy atom. The Morgan fingerprint density at radius 1 is 0.817 bits per heavy atom. The van der Waals surface area contributed by atoms with Crippen LogP contribution < -0.4 is 14.9 Å². The lowest BCUT2D eigenvalue weighted by Gasteiger charge is -2.24. The summed E-state index contributed by atoms with van der Waals surface area (Å²) >= 11 is 13.0. The third kappa shape index (κ3) is 14.0. The molecule has 0 unspecified atom stereocenters. The number of aliphatic imine (C=N–C) groups is 1. The van der Waals surface area contributed by atoms with E-state index in [9.17, 15) is 38.2 Å². The predicted octanol–water partition coefficient (Wildman–Crippen LogP) is 10.3. The first-order valence-corrected chi connectivity index (χ1v) is 22.8. The summed E-state index contributed by atoms with van der Waals surface area (Å²) in [6, 6.07) is 7.65.